The Morgan fingerprint density at radius 2 is 1.70 bits per heavy atom. The smallest absolute Gasteiger partial charge is 0.330 e. The van der Waals surface area contributed by atoms with Crippen molar-refractivity contribution in [2.75, 3.05) is 12.9 Å². The van der Waals surface area contributed by atoms with Crippen LogP contribution in [0.4, 0.5) is 0 Å². The third-order valence-corrected chi connectivity index (χ3v) is 7.00. The van der Waals surface area contributed by atoms with Crippen molar-refractivity contribution in [1.82, 2.24) is 0 Å². The van der Waals surface area contributed by atoms with E-state index >= 15 is 0 Å². The number of benzene rings is 1. The van der Waals surface area contributed by atoms with E-state index in [0.717, 1.165) is 31.8 Å². The van der Waals surface area contributed by atoms with Crippen LogP contribution in [0.25, 0.3) is 0 Å². The summed E-state index contributed by atoms with van der Waals surface area (Å²) in [5.74, 6) is -0.194. The molecule has 1 rings (SSSR count). The minimum Gasteiger partial charge on any atom is -0.466 e. The summed E-state index contributed by atoms with van der Waals surface area (Å²) in [6.45, 7) is 8.17. The first-order chi connectivity index (χ1) is 15.6. The van der Waals surface area contributed by atoms with Gasteiger partial charge in [-0.05, 0) is 62.7 Å². The first-order valence-corrected chi connectivity index (χ1v) is 12.9. The van der Waals surface area contributed by atoms with Gasteiger partial charge in [0.05, 0.1) is 23.7 Å². The van der Waals surface area contributed by atoms with Crippen molar-refractivity contribution in [3.8, 4) is 0 Å². The molecule has 1 aromatic rings. The number of carbonyl (C=O) groups excluding carboxylic acids is 3. The van der Waals surface area contributed by atoms with Crippen LogP contribution >= 0.6 is 0 Å². The van der Waals surface area contributed by atoms with E-state index in [9.17, 15) is 18.6 Å². The fourth-order valence-electron chi connectivity index (χ4n) is 3.60. The zero-order valence-corrected chi connectivity index (χ0v) is 21.4. The van der Waals surface area contributed by atoms with Crippen LogP contribution < -0.4 is 0 Å². The van der Waals surface area contributed by atoms with Crippen molar-refractivity contribution in [2.24, 2.45) is 17.8 Å². The number of hydrogen-bond donors (Lipinski definition) is 0. The van der Waals surface area contributed by atoms with Crippen LogP contribution in [-0.4, -0.2) is 34.6 Å². The second-order valence-electron chi connectivity index (χ2n) is 8.92. The van der Waals surface area contributed by atoms with E-state index in [1.807, 2.05) is 39.0 Å². The number of hydrogen-bond acceptors (Lipinski definition) is 5. The summed E-state index contributed by atoms with van der Waals surface area (Å²) in [5, 5.41) is 0. The normalized spacial score (nSPS) is 14.8. The van der Waals surface area contributed by atoms with Crippen molar-refractivity contribution in [1.29, 1.82) is 0 Å². The Labute approximate surface area is 201 Å². The highest BCUT2D eigenvalue weighted by molar-refractivity contribution is 7.85. The Morgan fingerprint density at radius 3 is 2.30 bits per heavy atom. The standard InChI is InChI=1S/C27H38O5S/c1-20(2)25(26(29)19-33(31)24-12-7-6-8-13-24)16-14-21(3)10-9-11-22(4)18-23(28)15-17-27(30)32-5/h6-8,10,12-13,15,17,20,22,25H,9,11,14,16,18-19H2,1-5H3/b17-15+,21-10+/t22-,25-,33?/m0/s1. The van der Waals surface area contributed by atoms with E-state index in [2.05, 4.69) is 17.7 Å². The molecule has 0 aromatic heterocycles. The predicted molar refractivity (Wildman–Crippen MR) is 133 cm³/mol. The van der Waals surface area contributed by atoms with Gasteiger partial charge in [0.25, 0.3) is 0 Å². The van der Waals surface area contributed by atoms with Gasteiger partial charge in [-0.15, -0.1) is 0 Å². The highest BCUT2D eigenvalue weighted by Gasteiger charge is 2.24. The fraction of sp³-hybridized carbons (Fsp3) is 0.519. The molecule has 6 heteroatoms. The van der Waals surface area contributed by atoms with Crippen molar-refractivity contribution >= 4 is 28.3 Å². The lowest BCUT2D eigenvalue weighted by molar-refractivity contribution is -0.135. The van der Waals surface area contributed by atoms with Crippen LogP contribution in [0.15, 0.2) is 59.0 Å². The first kappa shape index (κ1) is 28.7. The number of ketones is 2. The molecule has 0 fully saturated rings. The third-order valence-electron chi connectivity index (χ3n) is 5.66. The van der Waals surface area contributed by atoms with Gasteiger partial charge in [-0.25, -0.2) is 4.79 Å². The lowest BCUT2D eigenvalue weighted by Gasteiger charge is -2.19. The van der Waals surface area contributed by atoms with Gasteiger partial charge in [0.15, 0.2) is 5.78 Å². The Morgan fingerprint density at radius 1 is 1.03 bits per heavy atom. The minimum absolute atomic E-state index is 0.0611. The van der Waals surface area contributed by atoms with Crippen LogP contribution in [-0.2, 0) is 29.9 Å². The molecule has 0 spiro atoms. The fourth-order valence-corrected chi connectivity index (χ4v) is 4.70. The quantitative estimate of drug-likeness (QED) is 0.191. The molecular weight excluding hydrogens is 436 g/mol. The number of methoxy groups -OCH3 is 1. The van der Waals surface area contributed by atoms with Crippen LogP contribution in [0.5, 0.6) is 0 Å². The van der Waals surface area contributed by atoms with E-state index in [-0.39, 0.29) is 35.1 Å². The van der Waals surface area contributed by atoms with E-state index in [1.54, 1.807) is 12.1 Å². The van der Waals surface area contributed by atoms with Crippen LogP contribution in [0.3, 0.4) is 0 Å². The molecule has 5 nitrogen and oxygen atoms in total. The van der Waals surface area contributed by atoms with Gasteiger partial charge in [-0.3, -0.25) is 13.8 Å². The molecule has 0 heterocycles. The summed E-state index contributed by atoms with van der Waals surface area (Å²) in [7, 11) is -0.0301. The Kier molecular flexibility index (Phi) is 13.5. The summed E-state index contributed by atoms with van der Waals surface area (Å²) < 4.78 is 17.0. The SMILES string of the molecule is COC(=O)/C=C/C(=O)C[C@@H](C)CC/C=C(\C)CC[C@H](C(=O)CS(=O)c1ccccc1)C(C)C. The zero-order chi connectivity index (χ0) is 24.8. The average molecular weight is 475 g/mol. The van der Waals surface area contributed by atoms with E-state index in [1.165, 1.54) is 18.8 Å². The summed E-state index contributed by atoms with van der Waals surface area (Å²) in [6, 6.07) is 9.13. The molecule has 1 aromatic carbocycles. The van der Waals surface area contributed by atoms with Crippen molar-refractivity contribution < 1.29 is 23.3 Å². The highest BCUT2D eigenvalue weighted by atomic mass is 32.2. The number of esters is 1. The summed E-state index contributed by atoms with van der Waals surface area (Å²) in [6.07, 6.45) is 8.30. The molecular formula is C27H38O5S. The predicted octanol–water partition coefficient (Wildman–Crippen LogP) is 5.47. The Balaban J connectivity index is 2.48. The maximum atomic E-state index is 12.8. The maximum Gasteiger partial charge on any atom is 0.330 e. The largest absolute Gasteiger partial charge is 0.466 e. The Bertz CT molecular complexity index is 855. The minimum atomic E-state index is -1.31. The molecule has 0 aliphatic carbocycles. The topological polar surface area (TPSA) is 77.5 Å². The van der Waals surface area contributed by atoms with Gasteiger partial charge in [0, 0.05) is 23.3 Å². The van der Waals surface area contributed by atoms with Crippen molar-refractivity contribution in [3.63, 3.8) is 0 Å². The van der Waals surface area contributed by atoms with Crippen LogP contribution in [0.2, 0.25) is 0 Å². The lowest BCUT2D eigenvalue weighted by Crippen LogP contribution is -2.25. The molecule has 0 saturated heterocycles. The van der Waals surface area contributed by atoms with Gasteiger partial charge in [0.1, 0.15) is 5.78 Å². The molecule has 3 atom stereocenters. The summed E-state index contributed by atoms with van der Waals surface area (Å²) >= 11 is 0. The lowest BCUT2D eigenvalue weighted by atomic mass is 9.86. The zero-order valence-electron chi connectivity index (χ0n) is 20.5. The van der Waals surface area contributed by atoms with Gasteiger partial charge in [-0.1, -0.05) is 50.6 Å². The molecule has 0 N–H and O–H groups in total. The van der Waals surface area contributed by atoms with Gasteiger partial charge < -0.3 is 4.74 Å². The molecule has 0 radical (unpaired) electrons. The second kappa shape index (κ2) is 15.5. The van der Waals surface area contributed by atoms with Crippen LogP contribution in [0.1, 0.15) is 59.8 Å². The second-order valence-corrected chi connectivity index (χ2v) is 10.4. The number of Topliss-reactive ketones (excluding diaryl/α,β-unsaturated/α-hetero) is 1. The highest BCUT2D eigenvalue weighted by Crippen LogP contribution is 2.23. The van der Waals surface area contributed by atoms with E-state index in [4.69, 9.17) is 0 Å². The van der Waals surface area contributed by atoms with E-state index < -0.39 is 16.8 Å². The van der Waals surface area contributed by atoms with E-state index in [0.29, 0.717) is 11.3 Å². The maximum absolute atomic E-state index is 12.8. The van der Waals surface area contributed by atoms with Gasteiger partial charge in [0.2, 0.25) is 0 Å². The number of rotatable bonds is 15. The molecule has 0 bridgehead atoms. The number of carbonyl (C=O) groups is 3. The van der Waals surface area contributed by atoms with Gasteiger partial charge >= 0.3 is 5.97 Å². The molecule has 0 aliphatic rings. The monoisotopic (exact) mass is 474 g/mol. The van der Waals surface area contributed by atoms with Crippen molar-refractivity contribution in [2.45, 2.75) is 64.7 Å². The average Bonchev–Trinajstić information content (AvgIpc) is 2.77. The number of ether oxygens (including phenoxy) is 1. The molecule has 0 amide bonds. The van der Waals surface area contributed by atoms with Crippen LogP contribution in [0, 0.1) is 17.8 Å². The third kappa shape index (κ3) is 11.9. The summed E-state index contributed by atoms with van der Waals surface area (Å²) in [5.41, 5.74) is 1.22. The molecule has 0 saturated carbocycles. The Hall–Kier alpha value is -2.34. The first-order valence-electron chi connectivity index (χ1n) is 11.5. The molecule has 1 unspecified atom stereocenters. The molecule has 0 aliphatic heterocycles. The molecule has 33 heavy (non-hydrogen) atoms. The molecule has 182 valence electrons. The van der Waals surface area contributed by atoms with Gasteiger partial charge in [-0.2, -0.15) is 0 Å². The number of allylic oxidation sites excluding steroid dienone is 3. The van der Waals surface area contributed by atoms with Crippen molar-refractivity contribution in [3.05, 3.63) is 54.1 Å². The summed E-state index contributed by atoms with van der Waals surface area (Å²) in [4.78, 5) is 36.4.